The smallest absolute Gasteiger partial charge is 0.225 e. The Labute approximate surface area is 81.5 Å². The van der Waals surface area contributed by atoms with Gasteiger partial charge in [-0.05, 0) is 12.1 Å². The maximum Gasteiger partial charge on any atom is 0.225 e. The Kier molecular flexibility index (Phi) is 1.50. The van der Waals surface area contributed by atoms with Crippen LogP contribution in [0.1, 0.15) is 5.56 Å². The summed E-state index contributed by atoms with van der Waals surface area (Å²) in [6.07, 6.45) is 3.85. The normalized spacial score (nSPS) is 17.4. The summed E-state index contributed by atoms with van der Waals surface area (Å²) in [5, 5.41) is 0. The molecule has 3 nitrogen and oxygen atoms in total. The van der Waals surface area contributed by atoms with E-state index < -0.39 is 0 Å². The van der Waals surface area contributed by atoms with Crippen LogP contribution in [0.4, 0.5) is 0 Å². The lowest BCUT2D eigenvalue weighted by atomic mass is 10.1. The van der Waals surface area contributed by atoms with E-state index in [4.69, 9.17) is 4.74 Å². The molecule has 1 aromatic carbocycles. The molecule has 14 heavy (non-hydrogen) atoms. The predicted molar refractivity (Wildman–Crippen MR) is 55.8 cm³/mol. The van der Waals surface area contributed by atoms with Gasteiger partial charge in [0.1, 0.15) is 12.4 Å². The molecule has 2 heterocycles. The first-order chi connectivity index (χ1) is 6.93. The Morgan fingerprint density at radius 1 is 1.21 bits per heavy atom. The number of para-hydroxylation sites is 1. The van der Waals surface area contributed by atoms with Gasteiger partial charge in [-0.3, -0.25) is 4.99 Å². The highest BCUT2D eigenvalue weighted by molar-refractivity contribution is 6.18. The van der Waals surface area contributed by atoms with E-state index in [0.29, 0.717) is 12.6 Å². The van der Waals surface area contributed by atoms with E-state index in [9.17, 15) is 0 Å². The van der Waals surface area contributed by atoms with Gasteiger partial charge >= 0.3 is 0 Å². The topological polar surface area (TPSA) is 34.0 Å². The minimum Gasteiger partial charge on any atom is -0.438 e. The van der Waals surface area contributed by atoms with Gasteiger partial charge < -0.3 is 4.74 Å². The van der Waals surface area contributed by atoms with Gasteiger partial charge in [-0.25, -0.2) is 4.99 Å². The van der Waals surface area contributed by atoms with Crippen LogP contribution in [-0.4, -0.2) is 18.8 Å². The second kappa shape index (κ2) is 2.80. The minimum absolute atomic E-state index is 0.467. The lowest BCUT2D eigenvalue weighted by Crippen LogP contribution is -2.19. The van der Waals surface area contributed by atoms with Crippen molar-refractivity contribution in [2.45, 2.75) is 0 Å². The van der Waals surface area contributed by atoms with Crippen molar-refractivity contribution in [3.63, 3.8) is 0 Å². The van der Waals surface area contributed by atoms with Gasteiger partial charge in [0.25, 0.3) is 0 Å². The highest BCUT2D eigenvalue weighted by atomic mass is 16.5. The third-order valence-electron chi connectivity index (χ3n) is 2.21. The SMILES string of the molecule is C1=NCN=C2Oc3ccccc3C=C12. The molecule has 0 atom stereocenters. The zero-order valence-electron chi connectivity index (χ0n) is 7.47. The van der Waals surface area contributed by atoms with Gasteiger partial charge in [0.2, 0.25) is 5.90 Å². The summed E-state index contributed by atoms with van der Waals surface area (Å²) in [6, 6.07) is 7.90. The summed E-state index contributed by atoms with van der Waals surface area (Å²) in [7, 11) is 0. The molecule has 0 saturated heterocycles. The number of hydrogen-bond donors (Lipinski definition) is 0. The largest absolute Gasteiger partial charge is 0.438 e. The maximum atomic E-state index is 5.63. The van der Waals surface area contributed by atoms with Gasteiger partial charge in [-0.1, -0.05) is 18.2 Å². The van der Waals surface area contributed by atoms with Crippen molar-refractivity contribution in [2.75, 3.05) is 6.67 Å². The molecule has 0 radical (unpaired) electrons. The molecule has 0 amide bonds. The van der Waals surface area contributed by atoms with Gasteiger partial charge in [0, 0.05) is 11.8 Å². The molecule has 0 N–H and O–H groups in total. The Bertz CT molecular complexity index is 472. The molecule has 0 fully saturated rings. The molecule has 2 aliphatic heterocycles. The van der Waals surface area contributed by atoms with Crippen LogP contribution >= 0.6 is 0 Å². The van der Waals surface area contributed by atoms with Crippen molar-refractivity contribution in [1.82, 2.24) is 0 Å². The number of ether oxygens (including phenoxy) is 1. The summed E-state index contributed by atoms with van der Waals surface area (Å²) < 4.78 is 5.63. The minimum atomic E-state index is 0.467. The van der Waals surface area contributed by atoms with Crippen molar-refractivity contribution < 1.29 is 4.74 Å². The second-order valence-electron chi connectivity index (χ2n) is 3.16. The lowest BCUT2D eigenvalue weighted by Gasteiger charge is -2.18. The molecule has 0 saturated carbocycles. The molecule has 3 heteroatoms. The fraction of sp³-hybridized carbons (Fsp3) is 0.0909. The predicted octanol–water partition coefficient (Wildman–Crippen LogP) is 1.90. The van der Waals surface area contributed by atoms with Crippen LogP contribution < -0.4 is 4.74 Å². The molecule has 1 aromatic rings. The van der Waals surface area contributed by atoms with E-state index in [1.807, 2.05) is 30.3 Å². The number of aliphatic imine (C=N–C) groups is 2. The Morgan fingerprint density at radius 2 is 2.14 bits per heavy atom. The highest BCUT2D eigenvalue weighted by Gasteiger charge is 2.17. The number of nitrogens with zero attached hydrogens (tertiary/aromatic N) is 2. The molecule has 3 rings (SSSR count). The quantitative estimate of drug-likeness (QED) is 0.606. The Morgan fingerprint density at radius 3 is 3.14 bits per heavy atom. The van der Waals surface area contributed by atoms with E-state index in [1.54, 1.807) is 6.21 Å². The lowest BCUT2D eigenvalue weighted by molar-refractivity contribution is 0.543. The van der Waals surface area contributed by atoms with E-state index in [1.165, 1.54) is 0 Å². The fourth-order valence-electron chi connectivity index (χ4n) is 1.55. The van der Waals surface area contributed by atoms with Crippen LogP contribution in [0.5, 0.6) is 5.75 Å². The van der Waals surface area contributed by atoms with Crippen LogP contribution in [0.15, 0.2) is 39.8 Å². The molecule has 0 spiro atoms. The first-order valence-electron chi connectivity index (χ1n) is 4.47. The van der Waals surface area contributed by atoms with Crippen molar-refractivity contribution in [1.29, 1.82) is 0 Å². The van der Waals surface area contributed by atoms with E-state index >= 15 is 0 Å². The van der Waals surface area contributed by atoms with Gasteiger partial charge in [-0.2, -0.15) is 0 Å². The number of benzene rings is 1. The Balaban J connectivity index is 2.17. The molecule has 2 aliphatic rings. The highest BCUT2D eigenvalue weighted by Crippen LogP contribution is 2.27. The van der Waals surface area contributed by atoms with E-state index in [-0.39, 0.29) is 0 Å². The third-order valence-corrected chi connectivity index (χ3v) is 2.21. The monoisotopic (exact) mass is 184 g/mol. The summed E-state index contributed by atoms with van der Waals surface area (Å²) >= 11 is 0. The zero-order valence-corrected chi connectivity index (χ0v) is 7.47. The average molecular weight is 184 g/mol. The number of fused-ring (bicyclic) bond motifs is 2. The standard InChI is InChI=1S/C11H8N2O/c1-2-4-10-8(3-1)5-9-6-12-7-13-11(9)14-10/h1-6H,7H2. The Hall–Kier alpha value is -1.90. The van der Waals surface area contributed by atoms with Crippen LogP contribution in [0.2, 0.25) is 0 Å². The fourth-order valence-corrected chi connectivity index (χ4v) is 1.55. The van der Waals surface area contributed by atoms with Gasteiger partial charge in [0.15, 0.2) is 0 Å². The molecule has 0 aromatic heterocycles. The van der Waals surface area contributed by atoms with E-state index in [2.05, 4.69) is 9.98 Å². The van der Waals surface area contributed by atoms with Crippen molar-refractivity contribution >= 4 is 18.2 Å². The van der Waals surface area contributed by atoms with Gasteiger partial charge in [-0.15, -0.1) is 0 Å². The molecular weight excluding hydrogens is 176 g/mol. The zero-order chi connectivity index (χ0) is 9.38. The molecular formula is C11H8N2O. The molecule has 0 aliphatic carbocycles. The van der Waals surface area contributed by atoms with E-state index in [0.717, 1.165) is 16.9 Å². The van der Waals surface area contributed by atoms with Gasteiger partial charge in [0.05, 0.1) is 5.57 Å². The van der Waals surface area contributed by atoms with Crippen LogP contribution in [-0.2, 0) is 0 Å². The molecule has 68 valence electrons. The number of rotatable bonds is 0. The first kappa shape index (κ1) is 7.50. The summed E-state index contributed by atoms with van der Waals surface area (Å²) in [4.78, 5) is 8.25. The molecule has 0 unspecified atom stereocenters. The maximum absolute atomic E-state index is 5.63. The van der Waals surface area contributed by atoms with Crippen LogP contribution in [0, 0.1) is 0 Å². The number of hydrogen-bond acceptors (Lipinski definition) is 3. The molecule has 0 bridgehead atoms. The van der Waals surface area contributed by atoms with Crippen molar-refractivity contribution in [3.8, 4) is 5.75 Å². The van der Waals surface area contributed by atoms with Crippen molar-refractivity contribution in [3.05, 3.63) is 35.4 Å². The summed E-state index contributed by atoms with van der Waals surface area (Å²) in [5.74, 6) is 1.55. The van der Waals surface area contributed by atoms with Crippen LogP contribution in [0.3, 0.4) is 0 Å². The summed E-state index contributed by atoms with van der Waals surface area (Å²) in [5.41, 5.74) is 2.03. The van der Waals surface area contributed by atoms with Crippen molar-refractivity contribution in [2.24, 2.45) is 9.98 Å². The average Bonchev–Trinajstić information content (AvgIpc) is 2.26. The third kappa shape index (κ3) is 1.06. The first-order valence-corrected chi connectivity index (χ1v) is 4.47. The second-order valence-corrected chi connectivity index (χ2v) is 3.16. The summed E-state index contributed by atoms with van der Waals surface area (Å²) in [6.45, 7) is 0.467. The van der Waals surface area contributed by atoms with Crippen LogP contribution in [0.25, 0.3) is 6.08 Å².